The van der Waals surface area contributed by atoms with E-state index >= 15 is 0 Å². The number of benzene rings is 1. The molecule has 0 aliphatic carbocycles. The van der Waals surface area contributed by atoms with Crippen LogP contribution < -0.4 is 5.73 Å². The normalized spacial score (nSPS) is 10.2. The minimum Gasteiger partial charge on any atom is -0.393 e. The van der Waals surface area contributed by atoms with Gasteiger partial charge < -0.3 is 5.73 Å². The highest BCUT2D eigenvalue weighted by Gasteiger charge is 2.17. The Hall–Kier alpha value is -2.14. The summed E-state index contributed by atoms with van der Waals surface area (Å²) in [5.41, 5.74) is 6.95. The van der Waals surface area contributed by atoms with Gasteiger partial charge in [-0.15, -0.1) is 0 Å². The first-order valence-electron chi connectivity index (χ1n) is 4.73. The average molecular weight is 250 g/mol. The van der Waals surface area contributed by atoms with Gasteiger partial charge in [-0.3, -0.25) is 15.1 Å². The monoisotopic (exact) mass is 249 g/mol. The molecule has 6 heteroatoms. The van der Waals surface area contributed by atoms with E-state index in [4.69, 9.17) is 17.3 Å². The molecule has 0 fully saturated rings. The SMILES string of the molecule is Nc1c(-c2ccncc2)cc(Cl)cc1[N+](=O)[O-]. The minimum absolute atomic E-state index is 0.102. The largest absolute Gasteiger partial charge is 0.393 e. The van der Waals surface area contributed by atoms with Crippen LogP contribution in [0, 0.1) is 10.1 Å². The number of nitro benzene ring substituents is 1. The molecule has 0 bridgehead atoms. The van der Waals surface area contributed by atoms with Gasteiger partial charge in [-0.2, -0.15) is 0 Å². The summed E-state index contributed by atoms with van der Waals surface area (Å²) in [7, 11) is 0. The number of hydrogen-bond donors (Lipinski definition) is 1. The van der Waals surface area contributed by atoms with Gasteiger partial charge in [0.25, 0.3) is 5.69 Å². The number of halogens is 1. The number of rotatable bonds is 2. The van der Waals surface area contributed by atoms with Crippen molar-refractivity contribution in [3.63, 3.8) is 0 Å². The smallest absolute Gasteiger partial charge is 0.294 e. The fraction of sp³-hybridized carbons (Fsp3) is 0. The van der Waals surface area contributed by atoms with Crippen molar-refractivity contribution < 1.29 is 4.92 Å². The summed E-state index contributed by atoms with van der Waals surface area (Å²) < 4.78 is 0. The Morgan fingerprint density at radius 1 is 1.29 bits per heavy atom. The van der Waals surface area contributed by atoms with Crippen LogP contribution in [0.1, 0.15) is 0 Å². The van der Waals surface area contributed by atoms with Crippen molar-refractivity contribution in [3.8, 4) is 11.1 Å². The molecule has 2 aromatic rings. The second kappa shape index (κ2) is 4.39. The standard InChI is InChI=1S/C11H8ClN3O2/c12-8-5-9(7-1-3-14-4-2-7)11(13)10(6-8)15(16)17/h1-6H,13H2. The van der Waals surface area contributed by atoms with Crippen molar-refractivity contribution in [2.45, 2.75) is 0 Å². The quantitative estimate of drug-likeness (QED) is 0.504. The Kier molecular flexibility index (Phi) is 2.93. The number of nitrogens with two attached hydrogens (primary N) is 1. The van der Waals surface area contributed by atoms with Crippen LogP contribution in [0.15, 0.2) is 36.7 Å². The minimum atomic E-state index is -0.550. The zero-order valence-corrected chi connectivity index (χ0v) is 9.39. The van der Waals surface area contributed by atoms with Gasteiger partial charge in [-0.05, 0) is 23.8 Å². The summed E-state index contributed by atoms with van der Waals surface area (Å²) in [4.78, 5) is 14.1. The first-order chi connectivity index (χ1) is 8.09. The van der Waals surface area contributed by atoms with Gasteiger partial charge in [0.15, 0.2) is 0 Å². The molecule has 0 spiro atoms. The summed E-state index contributed by atoms with van der Waals surface area (Å²) in [6.45, 7) is 0. The van der Waals surface area contributed by atoms with Crippen molar-refractivity contribution in [1.29, 1.82) is 0 Å². The number of pyridine rings is 1. The Balaban J connectivity index is 2.67. The molecule has 0 atom stereocenters. The van der Waals surface area contributed by atoms with Crippen LogP contribution in [0.25, 0.3) is 11.1 Å². The zero-order valence-electron chi connectivity index (χ0n) is 8.63. The molecular formula is C11H8ClN3O2. The molecule has 1 heterocycles. The van der Waals surface area contributed by atoms with Gasteiger partial charge in [0.05, 0.1) is 4.92 Å². The highest BCUT2D eigenvalue weighted by Crippen LogP contribution is 2.35. The van der Waals surface area contributed by atoms with Gasteiger partial charge in [0, 0.05) is 29.0 Å². The van der Waals surface area contributed by atoms with E-state index in [1.165, 1.54) is 6.07 Å². The number of nitrogens with zero attached hydrogens (tertiary/aromatic N) is 2. The maximum absolute atomic E-state index is 10.8. The van der Waals surface area contributed by atoms with Gasteiger partial charge in [-0.25, -0.2) is 0 Å². The van der Waals surface area contributed by atoms with Gasteiger partial charge in [-0.1, -0.05) is 11.6 Å². The molecule has 0 unspecified atom stereocenters. The average Bonchev–Trinajstić information content (AvgIpc) is 2.32. The number of anilines is 1. The van der Waals surface area contributed by atoms with Gasteiger partial charge in [0.1, 0.15) is 5.69 Å². The Morgan fingerprint density at radius 3 is 2.53 bits per heavy atom. The maximum Gasteiger partial charge on any atom is 0.294 e. The van der Waals surface area contributed by atoms with Crippen molar-refractivity contribution in [2.75, 3.05) is 5.73 Å². The molecule has 1 aromatic carbocycles. The second-order valence-electron chi connectivity index (χ2n) is 3.38. The Morgan fingerprint density at radius 2 is 1.94 bits per heavy atom. The fourth-order valence-electron chi connectivity index (χ4n) is 1.53. The van der Waals surface area contributed by atoms with E-state index in [0.29, 0.717) is 5.56 Å². The van der Waals surface area contributed by atoms with Crippen LogP contribution in [0.4, 0.5) is 11.4 Å². The highest BCUT2D eigenvalue weighted by molar-refractivity contribution is 6.31. The molecule has 0 amide bonds. The van der Waals surface area contributed by atoms with Crippen molar-refractivity contribution in [3.05, 3.63) is 51.8 Å². The van der Waals surface area contributed by atoms with Crippen LogP contribution in [0.2, 0.25) is 5.02 Å². The molecule has 17 heavy (non-hydrogen) atoms. The van der Waals surface area contributed by atoms with Crippen molar-refractivity contribution in [2.24, 2.45) is 0 Å². The second-order valence-corrected chi connectivity index (χ2v) is 3.82. The topological polar surface area (TPSA) is 82.0 Å². The van der Waals surface area contributed by atoms with E-state index in [2.05, 4.69) is 4.98 Å². The third-order valence-corrected chi connectivity index (χ3v) is 2.53. The summed E-state index contributed by atoms with van der Waals surface area (Å²) in [6, 6.07) is 6.26. The third kappa shape index (κ3) is 2.19. The summed E-state index contributed by atoms with van der Waals surface area (Å²) in [5.74, 6) is 0. The van der Waals surface area contributed by atoms with E-state index < -0.39 is 4.92 Å². The van der Waals surface area contributed by atoms with Crippen molar-refractivity contribution >= 4 is 23.0 Å². The molecule has 0 aliphatic heterocycles. The lowest BCUT2D eigenvalue weighted by Gasteiger charge is -2.06. The van der Waals surface area contributed by atoms with Crippen LogP contribution in [0.3, 0.4) is 0 Å². The molecule has 0 saturated carbocycles. The third-order valence-electron chi connectivity index (χ3n) is 2.31. The highest BCUT2D eigenvalue weighted by atomic mass is 35.5. The van der Waals surface area contributed by atoms with E-state index in [9.17, 15) is 10.1 Å². The van der Waals surface area contributed by atoms with E-state index in [-0.39, 0.29) is 16.4 Å². The number of aromatic nitrogens is 1. The molecule has 1 aromatic heterocycles. The summed E-state index contributed by atoms with van der Waals surface area (Å²) >= 11 is 5.84. The maximum atomic E-state index is 10.8. The lowest BCUT2D eigenvalue weighted by Crippen LogP contribution is -1.98. The van der Waals surface area contributed by atoms with E-state index in [0.717, 1.165) is 5.56 Å². The van der Waals surface area contributed by atoms with Crippen LogP contribution in [-0.4, -0.2) is 9.91 Å². The predicted octanol–water partition coefficient (Wildman–Crippen LogP) is 2.89. The molecule has 86 valence electrons. The molecule has 5 nitrogen and oxygen atoms in total. The van der Waals surface area contributed by atoms with Crippen LogP contribution >= 0.6 is 11.6 Å². The number of nitrogen functional groups attached to an aromatic ring is 1. The first kappa shape index (κ1) is 11.3. The molecule has 2 rings (SSSR count). The lowest BCUT2D eigenvalue weighted by atomic mass is 10.0. The number of hydrogen-bond acceptors (Lipinski definition) is 4. The van der Waals surface area contributed by atoms with Crippen LogP contribution in [0.5, 0.6) is 0 Å². The Labute approximate surface area is 102 Å². The summed E-state index contributed by atoms with van der Waals surface area (Å²) in [6.07, 6.45) is 3.17. The van der Waals surface area contributed by atoms with Crippen molar-refractivity contribution in [1.82, 2.24) is 4.98 Å². The van der Waals surface area contributed by atoms with E-state index in [1.54, 1.807) is 30.6 Å². The lowest BCUT2D eigenvalue weighted by molar-refractivity contribution is -0.383. The fourth-order valence-corrected chi connectivity index (χ4v) is 1.74. The van der Waals surface area contributed by atoms with Crippen LogP contribution in [-0.2, 0) is 0 Å². The molecule has 0 aliphatic rings. The number of nitro groups is 1. The summed E-state index contributed by atoms with van der Waals surface area (Å²) in [5, 5.41) is 11.1. The van der Waals surface area contributed by atoms with Gasteiger partial charge >= 0.3 is 0 Å². The zero-order chi connectivity index (χ0) is 12.4. The Bertz CT molecular complexity index is 572. The van der Waals surface area contributed by atoms with E-state index in [1.807, 2.05) is 0 Å². The molecule has 2 N–H and O–H groups in total. The molecule has 0 saturated heterocycles. The molecule has 0 radical (unpaired) electrons. The molecular weight excluding hydrogens is 242 g/mol. The first-order valence-corrected chi connectivity index (χ1v) is 5.11. The predicted molar refractivity (Wildman–Crippen MR) is 65.7 cm³/mol. The van der Waals surface area contributed by atoms with Gasteiger partial charge in [0.2, 0.25) is 0 Å².